The average Bonchev–Trinajstić information content (AvgIpc) is 1.94. The summed E-state index contributed by atoms with van der Waals surface area (Å²) in [4.78, 5) is 0. The molecule has 0 atom stereocenters. The molecular formula is C8H10NO+. The molecule has 0 radical (unpaired) electrons. The van der Waals surface area contributed by atoms with Gasteiger partial charge in [0.15, 0.2) is 12.4 Å². The van der Waals surface area contributed by atoms with Crippen LogP contribution in [0.5, 0.6) is 5.88 Å². The predicted molar refractivity (Wildman–Crippen MR) is 39.3 cm³/mol. The molecule has 0 aliphatic carbocycles. The molecule has 0 saturated heterocycles. The maximum absolute atomic E-state index is 9.15. The van der Waals surface area contributed by atoms with Crippen LogP contribution in [0.25, 0.3) is 6.20 Å². The van der Waals surface area contributed by atoms with Crippen LogP contribution in [0.2, 0.25) is 0 Å². The first kappa shape index (κ1) is 6.81. The second-order valence-corrected chi connectivity index (χ2v) is 1.95. The Morgan fingerprint density at radius 1 is 1.50 bits per heavy atom. The zero-order chi connectivity index (χ0) is 7.40. The molecule has 0 aliphatic heterocycles. The van der Waals surface area contributed by atoms with Gasteiger partial charge in [-0.1, -0.05) is 0 Å². The van der Waals surface area contributed by atoms with Crippen LogP contribution < -0.4 is 4.57 Å². The van der Waals surface area contributed by atoms with Gasteiger partial charge in [-0.15, -0.1) is 4.57 Å². The molecule has 0 amide bonds. The second kappa shape index (κ2) is 3.01. The van der Waals surface area contributed by atoms with E-state index in [0.717, 1.165) is 0 Å². The molecule has 1 heterocycles. The Morgan fingerprint density at radius 2 is 2.30 bits per heavy atom. The Balaban J connectivity index is 3.03. The van der Waals surface area contributed by atoms with Gasteiger partial charge >= 0.3 is 5.88 Å². The van der Waals surface area contributed by atoms with Gasteiger partial charge < -0.3 is 5.11 Å². The minimum absolute atomic E-state index is 0.251. The Hall–Kier alpha value is -1.31. The first-order chi connectivity index (χ1) is 4.84. The summed E-state index contributed by atoms with van der Waals surface area (Å²) in [6, 6.07) is 5.29. The average molecular weight is 136 g/mol. The number of aromatic nitrogens is 1. The molecule has 2 heteroatoms. The van der Waals surface area contributed by atoms with Gasteiger partial charge in [0.05, 0.1) is 6.07 Å². The fourth-order valence-electron chi connectivity index (χ4n) is 0.733. The predicted octanol–water partition coefficient (Wildman–Crippen LogP) is 1.17. The summed E-state index contributed by atoms with van der Waals surface area (Å²) in [7, 11) is 0. The second-order valence-electron chi connectivity index (χ2n) is 1.95. The summed E-state index contributed by atoms with van der Waals surface area (Å²) in [5, 5.41) is 9.15. The van der Waals surface area contributed by atoms with Gasteiger partial charge in [-0.2, -0.15) is 0 Å². The van der Waals surface area contributed by atoms with Gasteiger partial charge in [0.25, 0.3) is 0 Å². The van der Waals surface area contributed by atoms with Gasteiger partial charge in [0.2, 0.25) is 0 Å². The normalized spacial score (nSPS) is 10.5. The highest BCUT2D eigenvalue weighted by atomic mass is 16.3. The van der Waals surface area contributed by atoms with Crippen LogP contribution in [0.15, 0.2) is 30.5 Å². The topological polar surface area (TPSA) is 24.1 Å². The Bertz CT molecular complexity index is 243. The van der Waals surface area contributed by atoms with E-state index in [1.165, 1.54) is 0 Å². The smallest absolute Gasteiger partial charge is 0.370 e. The van der Waals surface area contributed by atoms with Gasteiger partial charge in [-0.25, -0.2) is 0 Å². The van der Waals surface area contributed by atoms with Crippen molar-refractivity contribution in [1.29, 1.82) is 0 Å². The van der Waals surface area contributed by atoms with E-state index in [9.17, 15) is 0 Å². The van der Waals surface area contributed by atoms with Crippen molar-refractivity contribution >= 4 is 6.20 Å². The lowest BCUT2D eigenvalue weighted by molar-refractivity contribution is -0.577. The van der Waals surface area contributed by atoms with Crippen LogP contribution in [0.1, 0.15) is 6.92 Å². The van der Waals surface area contributed by atoms with Crippen LogP contribution in [0.4, 0.5) is 0 Å². The first-order valence-electron chi connectivity index (χ1n) is 3.16. The van der Waals surface area contributed by atoms with E-state index in [-0.39, 0.29) is 5.88 Å². The molecule has 10 heavy (non-hydrogen) atoms. The monoisotopic (exact) mass is 136 g/mol. The molecule has 0 saturated carbocycles. The molecule has 1 rings (SSSR count). The summed E-state index contributed by atoms with van der Waals surface area (Å²) in [5.41, 5.74) is 0. The lowest BCUT2D eigenvalue weighted by Gasteiger charge is -1.87. The van der Waals surface area contributed by atoms with Gasteiger partial charge in [-0.3, -0.25) is 0 Å². The maximum atomic E-state index is 9.15. The third-order valence-electron chi connectivity index (χ3n) is 1.18. The van der Waals surface area contributed by atoms with Gasteiger partial charge in [0.1, 0.15) is 0 Å². The lowest BCUT2D eigenvalue weighted by Crippen LogP contribution is -2.24. The molecule has 0 bridgehead atoms. The van der Waals surface area contributed by atoms with E-state index in [0.29, 0.717) is 0 Å². The molecule has 0 unspecified atom stereocenters. The summed E-state index contributed by atoms with van der Waals surface area (Å²) >= 11 is 0. The van der Waals surface area contributed by atoms with Crippen LogP contribution in [-0.2, 0) is 0 Å². The fraction of sp³-hybridized carbons (Fsp3) is 0.125. The summed E-state index contributed by atoms with van der Waals surface area (Å²) < 4.78 is 1.64. The van der Waals surface area contributed by atoms with Gasteiger partial charge in [-0.05, 0) is 19.1 Å². The van der Waals surface area contributed by atoms with Crippen molar-refractivity contribution in [2.24, 2.45) is 0 Å². The molecule has 52 valence electrons. The third-order valence-corrected chi connectivity index (χ3v) is 1.18. The highest BCUT2D eigenvalue weighted by molar-refractivity contribution is 5.10. The summed E-state index contributed by atoms with van der Waals surface area (Å²) in [5.74, 6) is 0.251. The zero-order valence-electron chi connectivity index (χ0n) is 5.86. The van der Waals surface area contributed by atoms with Crippen LogP contribution >= 0.6 is 0 Å². The van der Waals surface area contributed by atoms with Crippen molar-refractivity contribution in [3.63, 3.8) is 0 Å². The van der Waals surface area contributed by atoms with E-state index in [4.69, 9.17) is 5.11 Å². The molecule has 1 N–H and O–H groups in total. The van der Waals surface area contributed by atoms with E-state index in [1.54, 1.807) is 29.1 Å². The minimum atomic E-state index is 0.251. The van der Waals surface area contributed by atoms with Crippen molar-refractivity contribution in [1.82, 2.24) is 0 Å². The molecule has 0 spiro atoms. The summed E-state index contributed by atoms with van der Waals surface area (Å²) in [6.07, 6.45) is 5.43. The number of aromatic hydroxyl groups is 1. The number of rotatable bonds is 1. The Morgan fingerprint density at radius 3 is 2.90 bits per heavy atom. The van der Waals surface area contributed by atoms with Crippen molar-refractivity contribution < 1.29 is 9.67 Å². The van der Waals surface area contributed by atoms with E-state index < -0.39 is 0 Å². The molecule has 2 nitrogen and oxygen atoms in total. The molecule has 0 aliphatic rings. The van der Waals surface area contributed by atoms with Gasteiger partial charge in [0, 0.05) is 6.07 Å². The van der Waals surface area contributed by atoms with Crippen molar-refractivity contribution in [3.8, 4) is 5.88 Å². The lowest BCUT2D eigenvalue weighted by atomic mass is 10.5. The number of pyridine rings is 1. The molecule has 0 fully saturated rings. The highest BCUT2D eigenvalue weighted by Gasteiger charge is 1.99. The summed E-state index contributed by atoms with van der Waals surface area (Å²) in [6.45, 7) is 1.90. The number of hydrogen-bond acceptors (Lipinski definition) is 1. The minimum Gasteiger partial charge on any atom is -0.460 e. The van der Waals surface area contributed by atoms with Crippen molar-refractivity contribution in [2.75, 3.05) is 0 Å². The van der Waals surface area contributed by atoms with E-state index in [1.807, 2.05) is 19.1 Å². The molecule has 1 aromatic heterocycles. The van der Waals surface area contributed by atoms with Crippen molar-refractivity contribution in [2.45, 2.75) is 6.92 Å². The molecule has 1 aromatic rings. The quantitative estimate of drug-likeness (QED) is 0.576. The number of allylic oxidation sites excluding steroid dienone is 1. The third kappa shape index (κ3) is 1.35. The standard InChI is InChI=1S/C8H9NO/c1-2-6-9-7-4-3-5-8(9)10/h2-7H,1H3/p+1/b6-2+. The highest BCUT2D eigenvalue weighted by Crippen LogP contribution is 1.96. The number of hydrogen-bond donors (Lipinski definition) is 1. The Kier molecular flexibility index (Phi) is 2.05. The Labute approximate surface area is 60.1 Å². The largest absolute Gasteiger partial charge is 0.460 e. The first-order valence-corrected chi connectivity index (χ1v) is 3.16. The van der Waals surface area contributed by atoms with E-state index >= 15 is 0 Å². The van der Waals surface area contributed by atoms with Crippen LogP contribution in [0.3, 0.4) is 0 Å². The van der Waals surface area contributed by atoms with Crippen molar-refractivity contribution in [3.05, 3.63) is 30.5 Å². The fourth-order valence-corrected chi connectivity index (χ4v) is 0.733. The molecule has 0 aromatic carbocycles. The van der Waals surface area contributed by atoms with Crippen LogP contribution in [0, 0.1) is 0 Å². The maximum Gasteiger partial charge on any atom is 0.370 e. The zero-order valence-corrected chi connectivity index (χ0v) is 5.86. The SMILES string of the molecule is C/C=C/[n+]1ccccc1O. The molecular weight excluding hydrogens is 126 g/mol. The van der Waals surface area contributed by atoms with E-state index in [2.05, 4.69) is 0 Å². The number of nitrogens with zero attached hydrogens (tertiary/aromatic N) is 1. The van der Waals surface area contributed by atoms with Crippen LogP contribution in [-0.4, -0.2) is 5.11 Å².